The monoisotopic (exact) mass is 223 g/mol. The maximum atomic E-state index is 12.6. The van der Waals surface area contributed by atoms with Gasteiger partial charge in [0.05, 0.1) is 6.61 Å². The summed E-state index contributed by atoms with van der Waals surface area (Å²) in [7, 11) is 0. The molecule has 1 N–H and O–H groups in total. The molecule has 1 rings (SSSR count). The van der Waals surface area contributed by atoms with Crippen LogP contribution < -0.4 is 0 Å². The lowest BCUT2D eigenvalue weighted by Crippen LogP contribution is -2.26. The molecule has 0 saturated carbocycles. The Bertz CT molecular complexity index is 321. The Morgan fingerprint density at radius 3 is 2.56 bits per heavy atom. The highest BCUT2D eigenvalue weighted by atomic mass is 19.1. The summed E-state index contributed by atoms with van der Waals surface area (Å²) in [6.07, 6.45) is 3.98. The molecule has 0 amide bonds. The maximum absolute atomic E-state index is 12.6. The zero-order valence-electron chi connectivity index (χ0n) is 9.56. The molecule has 0 bridgehead atoms. The van der Waals surface area contributed by atoms with Gasteiger partial charge in [0.2, 0.25) is 0 Å². The summed E-state index contributed by atoms with van der Waals surface area (Å²) in [5, 5.41) is 8.81. The van der Waals surface area contributed by atoms with Crippen LogP contribution in [0.4, 0.5) is 4.39 Å². The van der Waals surface area contributed by atoms with Crippen LogP contribution in [0.2, 0.25) is 0 Å². The van der Waals surface area contributed by atoms with Crippen molar-refractivity contribution in [2.75, 3.05) is 26.2 Å². The fraction of sp³-hybridized carbons (Fsp3) is 0.385. The molecule has 2 nitrogen and oxygen atoms in total. The Morgan fingerprint density at radius 2 is 2.00 bits per heavy atom. The average molecular weight is 223 g/mol. The predicted molar refractivity (Wildman–Crippen MR) is 64.6 cm³/mol. The molecule has 0 saturated heterocycles. The van der Waals surface area contributed by atoms with E-state index in [0.717, 1.165) is 18.7 Å². The van der Waals surface area contributed by atoms with E-state index in [4.69, 9.17) is 5.11 Å². The van der Waals surface area contributed by atoms with E-state index in [2.05, 4.69) is 11.8 Å². The van der Waals surface area contributed by atoms with Crippen molar-refractivity contribution >= 4 is 6.08 Å². The van der Waals surface area contributed by atoms with Gasteiger partial charge in [-0.05, 0) is 24.2 Å². The number of rotatable bonds is 6. The maximum Gasteiger partial charge on any atom is 0.123 e. The average Bonchev–Trinajstić information content (AvgIpc) is 2.30. The summed E-state index contributed by atoms with van der Waals surface area (Å²) >= 11 is 0. The molecule has 3 heteroatoms. The Hall–Kier alpha value is -1.19. The lowest BCUT2D eigenvalue weighted by molar-refractivity contribution is 0.214. The Balaban J connectivity index is 2.44. The van der Waals surface area contributed by atoms with E-state index in [-0.39, 0.29) is 12.4 Å². The van der Waals surface area contributed by atoms with Crippen LogP contribution >= 0.6 is 0 Å². The first-order valence-electron chi connectivity index (χ1n) is 5.51. The minimum absolute atomic E-state index is 0.179. The number of halogens is 1. The lowest BCUT2D eigenvalue weighted by Gasteiger charge is -2.16. The van der Waals surface area contributed by atoms with Crippen molar-refractivity contribution in [3.8, 4) is 0 Å². The lowest BCUT2D eigenvalue weighted by atomic mass is 10.2. The molecular formula is C13H18FNO. The van der Waals surface area contributed by atoms with E-state index in [1.54, 1.807) is 12.1 Å². The summed E-state index contributed by atoms with van der Waals surface area (Å²) in [5.41, 5.74) is 0.987. The van der Waals surface area contributed by atoms with Gasteiger partial charge in [0, 0.05) is 13.1 Å². The molecule has 0 aliphatic rings. The molecule has 1 aromatic carbocycles. The molecule has 0 aliphatic heterocycles. The van der Waals surface area contributed by atoms with E-state index in [1.165, 1.54) is 12.1 Å². The Kier molecular flexibility index (Phi) is 5.75. The second kappa shape index (κ2) is 7.14. The number of benzene rings is 1. The molecule has 0 heterocycles. The normalized spacial score (nSPS) is 11.5. The largest absolute Gasteiger partial charge is 0.395 e. The molecule has 1 aromatic rings. The highest BCUT2D eigenvalue weighted by Crippen LogP contribution is 2.04. The molecule has 0 aliphatic carbocycles. The van der Waals surface area contributed by atoms with Crippen LogP contribution in [0.3, 0.4) is 0 Å². The van der Waals surface area contributed by atoms with Crippen molar-refractivity contribution in [3.63, 3.8) is 0 Å². The molecule has 0 spiro atoms. The van der Waals surface area contributed by atoms with Crippen LogP contribution in [0.5, 0.6) is 0 Å². The third-order valence-electron chi connectivity index (χ3n) is 2.41. The van der Waals surface area contributed by atoms with Crippen LogP contribution in [0.1, 0.15) is 12.5 Å². The van der Waals surface area contributed by atoms with Crippen LogP contribution in [-0.2, 0) is 0 Å². The van der Waals surface area contributed by atoms with E-state index in [0.29, 0.717) is 6.54 Å². The minimum atomic E-state index is -0.215. The molecule has 0 radical (unpaired) electrons. The standard InChI is InChI=1S/C13H18FNO/c1-2-15(10-11-16)9-3-4-12-5-7-13(14)8-6-12/h3-8,16H,2,9-11H2,1H3/b4-3+. The van der Waals surface area contributed by atoms with Gasteiger partial charge < -0.3 is 5.11 Å². The summed E-state index contributed by atoms with van der Waals surface area (Å²) in [6.45, 7) is 4.63. The second-order valence-electron chi connectivity index (χ2n) is 3.57. The van der Waals surface area contributed by atoms with Crippen molar-refractivity contribution < 1.29 is 9.50 Å². The zero-order valence-corrected chi connectivity index (χ0v) is 9.56. The van der Waals surface area contributed by atoms with Crippen LogP contribution in [0.15, 0.2) is 30.3 Å². The first-order valence-corrected chi connectivity index (χ1v) is 5.51. The molecule has 88 valence electrons. The van der Waals surface area contributed by atoms with Gasteiger partial charge in [-0.1, -0.05) is 31.2 Å². The molecule has 16 heavy (non-hydrogen) atoms. The molecule has 0 unspecified atom stereocenters. The summed E-state index contributed by atoms with van der Waals surface area (Å²) < 4.78 is 12.6. The van der Waals surface area contributed by atoms with Gasteiger partial charge in [0.1, 0.15) is 5.82 Å². The highest BCUT2D eigenvalue weighted by Gasteiger charge is 1.97. The van der Waals surface area contributed by atoms with Crippen LogP contribution in [0.25, 0.3) is 6.08 Å². The highest BCUT2D eigenvalue weighted by molar-refractivity contribution is 5.48. The zero-order chi connectivity index (χ0) is 11.8. The number of hydrogen-bond acceptors (Lipinski definition) is 2. The van der Waals surface area contributed by atoms with Crippen molar-refractivity contribution in [3.05, 3.63) is 41.7 Å². The van der Waals surface area contributed by atoms with Gasteiger partial charge in [-0.3, -0.25) is 4.90 Å². The van der Waals surface area contributed by atoms with E-state index >= 15 is 0 Å². The predicted octanol–water partition coefficient (Wildman–Crippen LogP) is 2.15. The van der Waals surface area contributed by atoms with Gasteiger partial charge in [0.25, 0.3) is 0 Å². The molecule has 0 atom stereocenters. The summed E-state index contributed by atoms with van der Waals surface area (Å²) in [6, 6.07) is 6.39. The van der Waals surface area contributed by atoms with E-state index in [9.17, 15) is 4.39 Å². The smallest absolute Gasteiger partial charge is 0.123 e. The number of nitrogens with zero attached hydrogens (tertiary/aromatic N) is 1. The van der Waals surface area contributed by atoms with Crippen molar-refractivity contribution in [2.45, 2.75) is 6.92 Å². The third-order valence-corrected chi connectivity index (χ3v) is 2.41. The summed E-state index contributed by atoms with van der Waals surface area (Å²) in [5.74, 6) is -0.215. The molecular weight excluding hydrogens is 205 g/mol. The number of aliphatic hydroxyl groups excluding tert-OH is 1. The van der Waals surface area contributed by atoms with E-state index in [1.807, 2.05) is 12.2 Å². The topological polar surface area (TPSA) is 23.5 Å². The fourth-order valence-electron chi connectivity index (χ4n) is 1.43. The Labute approximate surface area is 96.0 Å². The van der Waals surface area contributed by atoms with E-state index < -0.39 is 0 Å². The van der Waals surface area contributed by atoms with Crippen molar-refractivity contribution in [2.24, 2.45) is 0 Å². The fourth-order valence-corrected chi connectivity index (χ4v) is 1.43. The van der Waals surface area contributed by atoms with Gasteiger partial charge in [-0.25, -0.2) is 4.39 Å². The SMILES string of the molecule is CCN(C/C=C/c1ccc(F)cc1)CCO. The van der Waals surface area contributed by atoms with Crippen molar-refractivity contribution in [1.82, 2.24) is 4.90 Å². The first-order chi connectivity index (χ1) is 7.76. The minimum Gasteiger partial charge on any atom is -0.395 e. The van der Waals surface area contributed by atoms with Crippen LogP contribution in [-0.4, -0.2) is 36.2 Å². The van der Waals surface area contributed by atoms with Gasteiger partial charge in [-0.15, -0.1) is 0 Å². The van der Waals surface area contributed by atoms with Gasteiger partial charge >= 0.3 is 0 Å². The number of likely N-dealkylation sites (N-methyl/N-ethyl adjacent to an activating group) is 1. The van der Waals surface area contributed by atoms with Crippen LogP contribution in [0, 0.1) is 5.82 Å². The Morgan fingerprint density at radius 1 is 1.31 bits per heavy atom. The van der Waals surface area contributed by atoms with Crippen molar-refractivity contribution in [1.29, 1.82) is 0 Å². The quantitative estimate of drug-likeness (QED) is 0.798. The number of hydrogen-bond donors (Lipinski definition) is 1. The number of aliphatic hydroxyl groups is 1. The third kappa shape index (κ3) is 4.55. The molecule has 0 aromatic heterocycles. The first kappa shape index (κ1) is 12.9. The molecule has 0 fully saturated rings. The van der Waals surface area contributed by atoms with Gasteiger partial charge in [0.15, 0.2) is 0 Å². The second-order valence-corrected chi connectivity index (χ2v) is 3.57. The van der Waals surface area contributed by atoms with Gasteiger partial charge in [-0.2, -0.15) is 0 Å². The summed E-state index contributed by atoms with van der Waals surface area (Å²) in [4.78, 5) is 2.13.